The van der Waals surface area contributed by atoms with Crippen LogP contribution in [0, 0.1) is 0 Å². The molecule has 0 aliphatic carbocycles. The number of rotatable bonds is 4. The van der Waals surface area contributed by atoms with Gasteiger partial charge in [-0.1, -0.05) is 19.1 Å². The number of para-hydroxylation sites is 2. The fourth-order valence-corrected chi connectivity index (χ4v) is 3.61. The van der Waals surface area contributed by atoms with Crippen molar-refractivity contribution < 1.29 is 9.59 Å². The summed E-state index contributed by atoms with van der Waals surface area (Å²) in [5, 5.41) is 3.03. The molecule has 2 heterocycles. The van der Waals surface area contributed by atoms with Crippen molar-refractivity contribution in [2.24, 2.45) is 0 Å². The second-order valence-electron chi connectivity index (χ2n) is 6.80. The minimum absolute atomic E-state index is 0.0438. The third-order valence-corrected chi connectivity index (χ3v) is 4.91. The lowest BCUT2D eigenvalue weighted by Gasteiger charge is -2.25. The van der Waals surface area contributed by atoms with E-state index in [4.69, 9.17) is 0 Å². The summed E-state index contributed by atoms with van der Waals surface area (Å²) in [6, 6.07) is 7.75. The molecule has 3 rings (SSSR count). The van der Waals surface area contributed by atoms with E-state index in [1.807, 2.05) is 23.1 Å². The molecule has 2 aliphatic rings. The highest BCUT2D eigenvalue weighted by atomic mass is 16.2. The monoisotopic (exact) mass is 344 g/mol. The van der Waals surface area contributed by atoms with E-state index in [9.17, 15) is 9.59 Å². The first-order valence-electron chi connectivity index (χ1n) is 9.36. The molecule has 1 N–H and O–H groups in total. The zero-order chi connectivity index (χ0) is 17.6. The maximum absolute atomic E-state index is 12.7. The van der Waals surface area contributed by atoms with Gasteiger partial charge in [0.2, 0.25) is 5.91 Å². The van der Waals surface area contributed by atoms with Gasteiger partial charge < -0.3 is 20.0 Å². The van der Waals surface area contributed by atoms with Gasteiger partial charge in [-0.15, -0.1) is 0 Å². The number of carbonyl (C=O) groups is 2. The number of anilines is 2. The molecule has 1 aromatic carbocycles. The summed E-state index contributed by atoms with van der Waals surface area (Å²) < 4.78 is 0. The van der Waals surface area contributed by atoms with Gasteiger partial charge >= 0.3 is 6.03 Å². The smallest absolute Gasteiger partial charge is 0.322 e. The molecular formula is C19H28N4O2. The molecule has 25 heavy (non-hydrogen) atoms. The average Bonchev–Trinajstić information content (AvgIpc) is 3.08. The molecule has 0 bridgehead atoms. The van der Waals surface area contributed by atoms with Crippen LogP contribution in [0.15, 0.2) is 24.3 Å². The molecule has 2 fully saturated rings. The van der Waals surface area contributed by atoms with Crippen molar-refractivity contribution >= 4 is 23.3 Å². The molecule has 6 nitrogen and oxygen atoms in total. The number of amides is 3. The SMILES string of the molecule is CCCN1CCCN(C(=O)Nc2ccccc2N2CCCC2)CC1=O. The van der Waals surface area contributed by atoms with Gasteiger partial charge in [-0.2, -0.15) is 0 Å². The van der Waals surface area contributed by atoms with E-state index in [1.165, 1.54) is 12.8 Å². The van der Waals surface area contributed by atoms with E-state index >= 15 is 0 Å². The lowest BCUT2D eigenvalue weighted by atomic mass is 10.2. The van der Waals surface area contributed by atoms with Gasteiger partial charge in [-0.3, -0.25) is 4.79 Å². The molecule has 6 heteroatoms. The average molecular weight is 344 g/mol. The van der Waals surface area contributed by atoms with Gasteiger partial charge in [-0.25, -0.2) is 4.79 Å². The molecular weight excluding hydrogens is 316 g/mol. The molecule has 0 unspecified atom stereocenters. The molecule has 136 valence electrons. The molecule has 0 saturated carbocycles. The van der Waals surface area contributed by atoms with E-state index < -0.39 is 0 Å². The Kier molecular flexibility index (Phi) is 5.79. The van der Waals surface area contributed by atoms with E-state index in [-0.39, 0.29) is 18.5 Å². The highest BCUT2D eigenvalue weighted by Gasteiger charge is 2.25. The Morgan fingerprint density at radius 3 is 2.60 bits per heavy atom. The number of carbonyl (C=O) groups excluding carboxylic acids is 2. The van der Waals surface area contributed by atoms with Crippen LogP contribution in [0.2, 0.25) is 0 Å². The first-order valence-corrected chi connectivity index (χ1v) is 9.36. The number of urea groups is 1. The lowest BCUT2D eigenvalue weighted by molar-refractivity contribution is -0.130. The van der Waals surface area contributed by atoms with Crippen LogP contribution in [0.3, 0.4) is 0 Å². The normalized spacial score (nSPS) is 18.4. The van der Waals surface area contributed by atoms with Crippen molar-refractivity contribution in [1.29, 1.82) is 0 Å². The van der Waals surface area contributed by atoms with Crippen molar-refractivity contribution in [3.63, 3.8) is 0 Å². The standard InChI is InChI=1S/C19H28N4O2/c1-2-10-22-13-7-14-23(15-18(22)24)19(25)20-16-8-3-4-9-17(16)21-11-5-6-12-21/h3-4,8-9H,2,5-7,10-15H2,1H3,(H,20,25). The molecule has 2 aliphatic heterocycles. The zero-order valence-electron chi connectivity index (χ0n) is 15.0. The Hall–Kier alpha value is -2.24. The fourth-order valence-electron chi connectivity index (χ4n) is 3.61. The summed E-state index contributed by atoms with van der Waals surface area (Å²) in [5.41, 5.74) is 1.90. The van der Waals surface area contributed by atoms with Gasteiger partial charge in [-0.05, 0) is 37.8 Å². The Morgan fingerprint density at radius 1 is 1.08 bits per heavy atom. The molecule has 3 amide bonds. The highest BCUT2D eigenvalue weighted by Crippen LogP contribution is 2.28. The van der Waals surface area contributed by atoms with E-state index in [2.05, 4.69) is 23.2 Å². The Morgan fingerprint density at radius 2 is 1.84 bits per heavy atom. The number of nitrogens with one attached hydrogen (secondary N) is 1. The van der Waals surface area contributed by atoms with Crippen molar-refractivity contribution in [3.8, 4) is 0 Å². The second kappa shape index (κ2) is 8.23. The van der Waals surface area contributed by atoms with Crippen LogP contribution in [0.25, 0.3) is 0 Å². The summed E-state index contributed by atoms with van der Waals surface area (Å²) in [5.74, 6) is 0.0438. The van der Waals surface area contributed by atoms with Gasteiger partial charge in [0, 0.05) is 32.7 Å². The lowest BCUT2D eigenvalue weighted by Crippen LogP contribution is -2.41. The summed E-state index contributed by atoms with van der Waals surface area (Å²) in [6.45, 7) is 6.41. The predicted octanol–water partition coefficient (Wildman–Crippen LogP) is 2.76. The van der Waals surface area contributed by atoms with E-state index in [0.29, 0.717) is 6.54 Å². The Labute approximate surface area is 149 Å². The first kappa shape index (κ1) is 17.6. The van der Waals surface area contributed by atoms with Crippen molar-refractivity contribution in [1.82, 2.24) is 9.80 Å². The molecule has 0 aromatic heterocycles. The van der Waals surface area contributed by atoms with Gasteiger partial charge in [0.1, 0.15) is 6.54 Å². The number of hydrogen-bond donors (Lipinski definition) is 1. The zero-order valence-corrected chi connectivity index (χ0v) is 15.0. The largest absolute Gasteiger partial charge is 0.370 e. The Balaban J connectivity index is 1.67. The first-order chi connectivity index (χ1) is 12.2. The highest BCUT2D eigenvalue weighted by molar-refractivity contribution is 5.95. The van der Waals surface area contributed by atoms with Crippen molar-refractivity contribution in [3.05, 3.63) is 24.3 Å². The summed E-state index contributed by atoms with van der Waals surface area (Å²) >= 11 is 0. The molecule has 0 atom stereocenters. The maximum Gasteiger partial charge on any atom is 0.322 e. The van der Waals surface area contributed by atoms with Crippen LogP contribution < -0.4 is 10.2 Å². The number of benzene rings is 1. The van der Waals surface area contributed by atoms with Gasteiger partial charge in [0.25, 0.3) is 0 Å². The number of hydrogen-bond acceptors (Lipinski definition) is 3. The van der Waals surface area contributed by atoms with Crippen molar-refractivity contribution in [2.45, 2.75) is 32.6 Å². The molecule has 2 saturated heterocycles. The van der Waals surface area contributed by atoms with Crippen LogP contribution in [-0.4, -0.2) is 61.0 Å². The third-order valence-electron chi connectivity index (χ3n) is 4.91. The quantitative estimate of drug-likeness (QED) is 0.914. The maximum atomic E-state index is 12.7. The van der Waals surface area contributed by atoms with E-state index in [0.717, 1.165) is 50.4 Å². The summed E-state index contributed by atoms with van der Waals surface area (Å²) in [6.07, 6.45) is 4.15. The van der Waals surface area contributed by atoms with Crippen LogP contribution in [-0.2, 0) is 4.79 Å². The molecule has 1 aromatic rings. The Bertz CT molecular complexity index is 613. The van der Waals surface area contributed by atoms with Crippen LogP contribution in [0.4, 0.5) is 16.2 Å². The topological polar surface area (TPSA) is 55.9 Å². The summed E-state index contributed by atoms with van der Waals surface area (Å²) in [7, 11) is 0. The van der Waals surface area contributed by atoms with Crippen LogP contribution in [0.1, 0.15) is 32.6 Å². The fraction of sp³-hybridized carbons (Fsp3) is 0.579. The summed E-state index contributed by atoms with van der Waals surface area (Å²) in [4.78, 5) is 30.9. The second-order valence-corrected chi connectivity index (χ2v) is 6.80. The van der Waals surface area contributed by atoms with Gasteiger partial charge in [0.05, 0.1) is 11.4 Å². The predicted molar refractivity (Wildman–Crippen MR) is 100.0 cm³/mol. The van der Waals surface area contributed by atoms with Crippen LogP contribution >= 0.6 is 0 Å². The van der Waals surface area contributed by atoms with Crippen molar-refractivity contribution in [2.75, 3.05) is 49.5 Å². The third kappa shape index (κ3) is 4.24. The minimum atomic E-state index is -0.182. The van der Waals surface area contributed by atoms with Gasteiger partial charge in [0.15, 0.2) is 0 Å². The molecule has 0 radical (unpaired) electrons. The number of nitrogens with zero attached hydrogens (tertiary/aromatic N) is 3. The minimum Gasteiger partial charge on any atom is -0.370 e. The molecule has 0 spiro atoms. The van der Waals surface area contributed by atoms with Crippen LogP contribution in [0.5, 0.6) is 0 Å². The van der Waals surface area contributed by atoms with E-state index in [1.54, 1.807) is 4.90 Å².